The molecule has 2 aromatic carbocycles. The summed E-state index contributed by atoms with van der Waals surface area (Å²) in [7, 11) is 1.58. The molecule has 0 spiro atoms. The molecule has 26 heavy (non-hydrogen) atoms. The van der Waals surface area contributed by atoms with Crippen LogP contribution in [0.2, 0.25) is 10.0 Å². The molecule has 1 unspecified atom stereocenters. The average Bonchev–Trinajstić information content (AvgIpc) is 2.75. The Hall–Kier alpha value is -2.55. The molecule has 5 nitrogen and oxygen atoms in total. The van der Waals surface area contributed by atoms with E-state index in [1.165, 1.54) is 23.1 Å². The molecule has 0 aromatic heterocycles. The average molecular weight is 388 g/mol. The molecule has 132 valence electrons. The second-order valence-electron chi connectivity index (χ2n) is 6.37. The highest BCUT2D eigenvalue weighted by Crippen LogP contribution is 2.35. The van der Waals surface area contributed by atoms with Crippen LogP contribution in [0.1, 0.15) is 18.1 Å². The van der Waals surface area contributed by atoms with Crippen molar-refractivity contribution >= 4 is 40.8 Å². The number of benzene rings is 2. The van der Waals surface area contributed by atoms with E-state index in [-0.39, 0.29) is 12.3 Å². The molecule has 3 amide bonds. The summed E-state index contributed by atoms with van der Waals surface area (Å²) in [6.07, 6.45) is 0.286. The van der Waals surface area contributed by atoms with Gasteiger partial charge in [0.25, 0.3) is 5.91 Å². The second kappa shape index (κ2) is 6.64. The van der Waals surface area contributed by atoms with Gasteiger partial charge in [0.15, 0.2) is 0 Å². The van der Waals surface area contributed by atoms with Gasteiger partial charge in [-0.25, -0.2) is 9.69 Å². The molecule has 2 aromatic rings. The van der Waals surface area contributed by atoms with E-state index < -0.39 is 11.6 Å². The highest BCUT2D eigenvalue weighted by atomic mass is 35.5. The summed E-state index contributed by atoms with van der Waals surface area (Å²) in [5.74, 6) is -0.370. The molecule has 1 heterocycles. The highest BCUT2D eigenvalue weighted by molar-refractivity contribution is 6.35. The first-order chi connectivity index (χ1) is 12.3. The van der Waals surface area contributed by atoms with Crippen molar-refractivity contribution in [3.8, 4) is 6.07 Å². The number of carbonyl (C=O) groups is 2. The summed E-state index contributed by atoms with van der Waals surface area (Å²) in [5, 5.41) is 9.74. The number of halogens is 2. The van der Waals surface area contributed by atoms with Crippen LogP contribution in [0.5, 0.6) is 0 Å². The van der Waals surface area contributed by atoms with E-state index in [1.54, 1.807) is 32.2 Å². The number of carbonyl (C=O) groups excluding carboxylic acids is 2. The monoisotopic (exact) mass is 387 g/mol. The predicted molar refractivity (Wildman–Crippen MR) is 100 cm³/mol. The first-order valence-electron chi connectivity index (χ1n) is 7.84. The van der Waals surface area contributed by atoms with Crippen molar-refractivity contribution < 1.29 is 9.59 Å². The van der Waals surface area contributed by atoms with E-state index in [1.807, 2.05) is 6.07 Å². The smallest absolute Gasteiger partial charge is 0.312 e. The zero-order valence-corrected chi connectivity index (χ0v) is 15.7. The van der Waals surface area contributed by atoms with Gasteiger partial charge in [-0.05, 0) is 42.8 Å². The van der Waals surface area contributed by atoms with Gasteiger partial charge >= 0.3 is 6.03 Å². The minimum absolute atomic E-state index is 0.286. The lowest BCUT2D eigenvalue weighted by molar-refractivity contribution is -0.123. The van der Waals surface area contributed by atoms with Crippen LogP contribution in [-0.2, 0) is 11.2 Å². The quantitative estimate of drug-likeness (QED) is 0.738. The van der Waals surface area contributed by atoms with E-state index in [2.05, 4.69) is 6.07 Å². The first kappa shape index (κ1) is 18.2. The molecule has 3 rings (SSSR count). The number of urea groups is 1. The summed E-state index contributed by atoms with van der Waals surface area (Å²) in [6, 6.07) is 13.2. The Morgan fingerprint density at radius 2 is 1.77 bits per heavy atom. The van der Waals surface area contributed by atoms with Crippen molar-refractivity contribution in [1.29, 1.82) is 5.26 Å². The van der Waals surface area contributed by atoms with Gasteiger partial charge in [-0.3, -0.25) is 4.79 Å². The van der Waals surface area contributed by atoms with Crippen LogP contribution >= 0.6 is 23.2 Å². The van der Waals surface area contributed by atoms with E-state index in [9.17, 15) is 9.59 Å². The molecule has 1 fully saturated rings. The Bertz CT molecular complexity index is 934. The van der Waals surface area contributed by atoms with Crippen LogP contribution in [0.4, 0.5) is 10.5 Å². The van der Waals surface area contributed by atoms with Gasteiger partial charge in [0.1, 0.15) is 5.54 Å². The number of imide groups is 1. The van der Waals surface area contributed by atoms with E-state index >= 15 is 0 Å². The molecule has 0 N–H and O–H groups in total. The number of anilines is 1. The van der Waals surface area contributed by atoms with Crippen LogP contribution in [0.3, 0.4) is 0 Å². The number of nitrogens with zero attached hydrogens (tertiary/aromatic N) is 3. The van der Waals surface area contributed by atoms with Crippen molar-refractivity contribution in [2.45, 2.75) is 18.9 Å². The summed E-state index contributed by atoms with van der Waals surface area (Å²) < 4.78 is 0. The number of nitriles is 1. The van der Waals surface area contributed by atoms with Crippen molar-refractivity contribution in [2.24, 2.45) is 0 Å². The summed E-state index contributed by atoms with van der Waals surface area (Å²) >= 11 is 12.0. The van der Waals surface area contributed by atoms with Crippen LogP contribution in [0, 0.1) is 11.3 Å². The minimum Gasteiger partial charge on any atom is -0.312 e. The fourth-order valence-electron chi connectivity index (χ4n) is 3.07. The first-order valence-corrected chi connectivity index (χ1v) is 8.59. The molecule has 0 saturated carbocycles. The third-order valence-corrected chi connectivity index (χ3v) is 5.03. The summed E-state index contributed by atoms with van der Waals surface area (Å²) in [6.45, 7) is 1.71. The SMILES string of the molecule is CN1C(=O)N(c2cc(Cl)cc(Cl)c2)C(=O)C1(C)Cc1cccc(C#N)c1. The van der Waals surface area contributed by atoms with Gasteiger partial charge < -0.3 is 4.90 Å². The molecule has 1 aliphatic rings. The fraction of sp³-hybridized carbons (Fsp3) is 0.211. The van der Waals surface area contributed by atoms with Gasteiger partial charge in [0.05, 0.1) is 17.3 Å². The Labute approximate surface area is 161 Å². The molecule has 7 heteroatoms. The van der Waals surface area contributed by atoms with Crippen LogP contribution in [0.25, 0.3) is 0 Å². The normalized spacial score (nSPS) is 19.8. The van der Waals surface area contributed by atoms with E-state index in [0.717, 1.165) is 10.5 Å². The summed E-state index contributed by atoms with van der Waals surface area (Å²) in [5.41, 5.74) is 0.549. The zero-order chi connectivity index (χ0) is 19.1. The number of likely N-dealkylation sites (N-methyl/N-ethyl adjacent to an activating group) is 1. The van der Waals surface area contributed by atoms with Crippen LogP contribution in [0.15, 0.2) is 42.5 Å². The summed E-state index contributed by atoms with van der Waals surface area (Å²) in [4.78, 5) is 28.4. The zero-order valence-electron chi connectivity index (χ0n) is 14.2. The highest BCUT2D eigenvalue weighted by Gasteiger charge is 2.53. The molecular formula is C19H15Cl2N3O2. The van der Waals surface area contributed by atoms with Crippen molar-refractivity contribution in [3.05, 3.63) is 63.6 Å². The van der Waals surface area contributed by atoms with Crippen molar-refractivity contribution in [3.63, 3.8) is 0 Å². The maximum atomic E-state index is 13.1. The van der Waals surface area contributed by atoms with E-state index in [4.69, 9.17) is 28.5 Å². The van der Waals surface area contributed by atoms with E-state index in [0.29, 0.717) is 21.3 Å². The Morgan fingerprint density at radius 3 is 2.38 bits per heavy atom. The maximum absolute atomic E-state index is 13.1. The second-order valence-corrected chi connectivity index (χ2v) is 7.25. The Morgan fingerprint density at radius 1 is 1.12 bits per heavy atom. The lowest BCUT2D eigenvalue weighted by atomic mass is 9.91. The number of amides is 3. The molecular weight excluding hydrogens is 373 g/mol. The molecule has 0 aliphatic carbocycles. The van der Waals surface area contributed by atoms with Crippen LogP contribution in [-0.4, -0.2) is 29.4 Å². The maximum Gasteiger partial charge on any atom is 0.332 e. The van der Waals surface area contributed by atoms with Gasteiger partial charge in [-0.15, -0.1) is 0 Å². The van der Waals surface area contributed by atoms with Gasteiger partial charge in [0, 0.05) is 23.5 Å². The molecule has 1 aliphatic heterocycles. The number of hydrogen-bond donors (Lipinski definition) is 0. The Kier molecular flexibility index (Phi) is 4.66. The third-order valence-electron chi connectivity index (χ3n) is 4.59. The molecule has 1 saturated heterocycles. The predicted octanol–water partition coefficient (Wildman–Crippen LogP) is 4.26. The number of rotatable bonds is 3. The molecule has 0 bridgehead atoms. The van der Waals surface area contributed by atoms with Crippen molar-refractivity contribution in [1.82, 2.24) is 4.90 Å². The van der Waals surface area contributed by atoms with Gasteiger partial charge in [-0.2, -0.15) is 5.26 Å². The van der Waals surface area contributed by atoms with Gasteiger partial charge in [-0.1, -0.05) is 35.3 Å². The van der Waals surface area contributed by atoms with Crippen molar-refractivity contribution in [2.75, 3.05) is 11.9 Å². The minimum atomic E-state index is -1.08. The third kappa shape index (κ3) is 3.03. The largest absolute Gasteiger partial charge is 0.332 e. The number of hydrogen-bond acceptors (Lipinski definition) is 3. The standard InChI is InChI=1S/C19H15Cl2N3O2/c1-19(10-12-4-3-5-13(6-12)11-22)17(25)24(18(26)23(19)2)16-8-14(20)7-15(21)9-16/h3-9H,10H2,1-2H3. The topological polar surface area (TPSA) is 64.4 Å². The van der Waals surface area contributed by atoms with Crippen LogP contribution < -0.4 is 4.90 Å². The lowest BCUT2D eigenvalue weighted by Gasteiger charge is -2.28. The molecule has 1 atom stereocenters. The Balaban J connectivity index is 1.99. The van der Waals surface area contributed by atoms with Gasteiger partial charge in [0.2, 0.25) is 0 Å². The lowest BCUT2D eigenvalue weighted by Crippen LogP contribution is -2.47. The molecule has 0 radical (unpaired) electrons. The fourth-order valence-corrected chi connectivity index (χ4v) is 3.59.